The molecule has 0 atom stereocenters. The molecule has 2 aliphatic rings. The first-order chi connectivity index (χ1) is 13.6. The third kappa shape index (κ3) is 4.68. The van der Waals surface area contributed by atoms with Crippen molar-refractivity contribution in [1.82, 2.24) is 9.80 Å². The monoisotopic (exact) mass is 385 g/mol. The van der Waals surface area contributed by atoms with E-state index in [0.29, 0.717) is 32.2 Å². The molecule has 2 aromatic carbocycles. The standard InChI is InChI=1S/C22H25F2N3O/c23-18-3-1-17(2-4-18)15-27(21-9-10-21)16-22(28)26-13-11-25(12-14-26)20-7-5-19(24)6-8-20/h1-8,21H,9-16H2. The summed E-state index contributed by atoms with van der Waals surface area (Å²) in [4.78, 5) is 19.1. The van der Waals surface area contributed by atoms with Crippen molar-refractivity contribution >= 4 is 11.6 Å². The minimum Gasteiger partial charge on any atom is -0.368 e. The molecule has 6 heteroatoms. The molecule has 2 fully saturated rings. The maximum atomic E-state index is 13.1. The van der Waals surface area contributed by atoms with Gasteiger partial charge in [-0.3, -0.25) is 9.69 Å². The van der Waals surface area contributed by atoms with Crippen LogP contribution < -0.4 is 4.90 Å². The number of hydrogen-bond acceptors (Lipinski definition) is 3. The first kappa shape index (κ1) is 18.9. The van der Waals surface area contributed by atoms with E-state index in [9.17, 15) is 13.6 Å². The fourth-order valence-corrected chi connectivity index (χ4v) is 3.72. The Labute approximate surface area is 164 Å². The Morgan fingerprint density at radius 3 is 2.04 bits per heavy atom. The van der Waals surface area contributed by atoms with Crippen molar-refractivity contribution in [2.24, 2.45) is 0 Å². The number of halogens is 2. The molecular weight excluding hydrogens is 360 g/mol. The van der Waals surface area contributed by atoms with Gasteiger partial charge in [0.25, 0.3) is 0 Å². The number of anilines is 1. The van der Waals surface area contributed by atoms with Crippen molar-refractivity contribution in [1.29, 1.82) is 0 Å². The highest BCUT2D eigenvalue weighted by molar-refractivity contribution is 5.78. The van der Waals surface area contributed by atoms with Crippen molar-refractivity contribution in [2.75, 3.05) is 37.6 Å². The van der Waals surface area contributed by atoms with E-state index < -0.39 is 0 Å². The van der Waals surface area contributed by atoms with E-state index in [1.165, 1.54) is 24.3 Å². The smallest absolute Gasteiger partial charge is 0.236 e. The third-order valence-corrected chi connectivity index (χ3v) is 5.52. The van der Waals surface area contributed by atoms with Crippen LogP contribution in [0.15, 0.2) is 48.5 Å². The summed E-state index contributed by atoms with van der Waals surface area (Å²) in [5.74, 6) is -0.330. The lowest BCUT2D eigenvalue weighted by Crippen LogP contribution is -2.51. The highest BCUT2D eigenvalue weighted by atomic mass is 19.1. The summed E-state index contributed by atoms with van der Waals surface area (Å²) < 4.78 is 26.2. The molecular formula is C22H25F2N3O. The van der Waals surface area contributed by atoms with Crippen LogP contribution in [-0.2, 0) is 11.3 Å². The molecule has 0 unspecified atom stereocenters. The summed E-state index contributed by atoms with van der Waals surface area (Å²) in [5, 5.41) is 0. The molecule has 1 saturated heterocycles. The van der Waals surface area contributed by atoms with Crippen molar-refractivity contribution in [3.63, 3.8) is 0 Å². The van der Waals surface area contributed by atoms with E-state index in [1.807, 2.05) is 4.90 Å². The van der Waals surface area contributed by atoms with Gasteiger partial charge in [0.05, 0.1) is 6.54 Å². The lowest BCUT2D eigenvalue weighted by atomic mass is 10.2. The Morgan fingerprint density at radius 1 is 0.893 bits per heavy atom. The second kappa shape index (κ2) is 8.27. The minimum absolute atomic E-state index is 0.146. The van der Waals surface area contributed by atoms with Crippen molar-refractivity contribution in [3.05, 3.63) is 65.7 Å². The molecule has 28 heavy (non-hydrogen) atoms. The van der Waals surface area contributed by atoms with Crippen LogP contribution in [0.5, 0.6) is 0 Å². The average molecular weight is 385 g/mol. The molecule has 2 aromatic rings. The van der Waals surface area contributed by atoms with Crippen LogP contribution in [0.1, 0.15) is 18.4 Å². The zero-order valence-electron chi connectivity index (χ0n) is 15.9. The van der Waals surface area contributed by atoms with Gasteiger partial charge in [0.1, 0.15) is 11.6 Å². The maximum absolute atomic E-state index is 13.1. The fourth-order valence-electron chi connectivity index (χ4n) is 3.72. The summed E-state index contributed by atoms with van der Waals surface area (Å²) in [5.41, 5.74) is 2.02. The molecule has 1 saturated carbocycles. The van der Waals surface area contributed by atoms with E-state index in [4.69, 9.17) is 0 Å². The van der Waals surface area contributed by atoms with Crippen LogP contribution in [0, 0.1) is 11.6 Å². The minimum atomic E-state index is -0.239. The number of piperazine rings is 1. The summed E-state index contributed by atoms with van der Waals surface area (Å²) in [6.45, 7) is 3.92. The number of rotatable bonds is 6. The number of amides is 1. The predicted molar refractivity (Wildman–Crippen MR) is 105 cm³/mol. The van der Waals surface area contributed by atoms with E-state index in [1.54, 1.807) is 24.3 Å². The SMILES string of the molecule is O=C(CN(Cc1ccc(F)cc1)C1CC1)N1CCN(c2ccc(F)cc2)CC1. The zero-order chi connectivity index (χ0) is 19.5. The van der Waals surface area contributed by atoms with Gasteiger partial charge in [-0.1, -0.05) is 12.1 Å². The molecule has 1 aliphatic carbocycles. The Morgan fingerprint density at radius 2 is 1.46 bits per heavy atom. The third-order valence-electron chi connectivity index (χ3n) is 5.52. The predicted octanol–water partition coefficient (Wildman–Crippen LogP) is 3.28. The normalized spacial score (nSPS) is 17.2. The van der Waals surface area contributed by atoms with Gasteiger partial charge in [-0.2, -0.15) is 0 Å². The molecule has 0 spiro atoms. The molecule has 0 bridgehead atoms. The Bertz CT molecular complexity index is 798. The first-order valence-corrected chi connectivity index (χ1v) is 9.85. The van der Waals surface area contributed by atoms with Crippen molar-refractivity contribution < 1.29 is 13.6 Å². The van der Waals surface area contributed by atoms with Gasteiger partial charge in [-0.05, 0) is 54.8 Å². The number of benzene rings is 2. The van der Waals surface area contributed by atoms with Crippen LogP contribution in [0.25, 0.3) is 0 Å². The topological polar surface area (TPSA) is 26.8 Å². The number of hydrogen-bond donors (Lipinski definition) is 0. The van der Waals surface area contributed by atoms with Crippen LogP contribution in [-0.4, -0.2) is 54.5 Å². The van der Waals surface area contributed by atoms with Gasteiger partial charge in [0, 0.05) is 44.5 Å². The number of carbonyl (C=O) groups excluding carboxylic acids is 1. The van der Waals surface area contributed by atoms with Gasteiger partial charge in [-0.25, -0.2) is 8.78 Å². The molecule has 4 nitrogen and oxygen atoms in total. The largest absolute Gasteiger partial charge is 0.368 e. The van der Waals surface area contributed by atoms with Crippen LogP contribution in [0.4, 0.5) is 14.5 Å². The fraction of sp³-hybridized carbons (Fsp3) is 0.409. The molecule has 148 valence electrons. The van der Waals surface area contributed by atoms with Crippen molar-refractivity contribution in [2.45, 2.75) is 25.4 Å². The average Bonchev–Trinajstić information content (AvgIpc) is 3.55. The molecule has 1 aliphatic heterocycles. The second-order valence-electron chi connectivity index (χ2n) is 7.61. The van der Waals surface area contributed by atoms with Gasteiger partial charge >= 0.3 is 0 Å². The van der Waals surface area contributed by atoms with Crippen LogP contribution >= 0.6 is 0 Å². The lowest BCUT2D eigenvalue weighted by Gasteiger charge is -2.37. The Kier molecular flexibility index (Phi) is 5.57. The maximum Gasteiger partial charge on any atom is 0.236 e. The van der Waals surface area contributed by atoms with Gasteiger partial charge in [0.15, 0.2) is 0 Å². The van der Waals surface area contributed by atoms with Crippen LogP contribution in [0.2, 0.25) is 0 Å². The highest BCUT2D eigenvalue weighted by Gasteiger charge is 2.32. The summed E-state index contributed by atoms with van der Waals surface area (Å²) >= 11 is 0. The van der Waals surface area contributed by atoms with E-state index in [0.717, 1.165) is 37.2 Å². The Balaban J connectivity index is 1.31. The van der Waals surface area contributed by atoms with Gasteiger partial charge < -0.3 is 9.80 Å². The summed E-state index contributed by atoms with van der Waals surface area (Å²) in [6.07, 6.45) is 2.24. The quantitative estimate of drug-likeness (QED) is 0.764. The lowest BCUT2D eigenvalue weighted by molar-refractivity contribution is -0.133. The van der Waals surface area contributed by atoms with E-state index in [-0.39, 0.29) is 17.5 Å². The molecule has 1 heterocycles. The summed E-state index contributed by atoms with van der Waals surface area (Å²) in [6, 6.07) is 13.5. The van der Waals surface area contributed by atoms with E-state index >= 15 is 0 Å². The zero-order valence-corrected chi connectivity index (χ0v) is 15.9. The Hall–Kier alpha value is -2.47. The van der Waals surface area contributed by atoms with Crippen LogP contribution in [0.3, 0.4) is 0 Å². The van der Waals surface area contributed by atoms with E-state index in [2.05, 4.69) is 9.80 Å². The molecule has 1 amide bonds. The molecule has 4 rings (SSSR count). The molecule has 0 aromatic heterocycles. The van der Waals surface area contributed by atoms with Crippen molar-refractivity contribution in [3.8, 4) is 0 Å². The van der Waals surface area contributed by atoms with Gasteiger partial charge in [0.2, 0.25) is 5.91 Å². The summed E-state index contributed by atoms with van der Waals surface area (Å²) in [7, 11) is 0. The second-order valence-corrected chi connectivity index (χ2v) is 7.61. The first-order valence-electron chi connectivity index (χ1n) is 9.85. The highest BCUT2D eigenvalue weighted by Crippen LogP contribution is 2.28. The number of carbonyl (C=O) groups is 1. The molecule has 0 radical (unpaired) electrons. The van der Waals surface area contributed by atoms with Gasteiger partial charge in [-0.15, -0.1) is 0 Å². The number of nitrogens with zero attached hydrogens (tertiary/aromatic N) is 3. The molecule has 0 N–H and O–H groups in total.